The predicted molar refractivity (Wildman–Crippen MR) is 75.4 cm³/mol. The lowest BCUT2D eigenvalue weighted by molar-refractivity contribution is 0.188. The van der Waals surface area contributed by atoms with Crippen molar-refractivity contribution in [1.82, 2.24) is 10.2 Å². The molecule has 1 aromatic carbocycles. The summed E-state index contributed by atoms with van der Waals surface area (Å²) in [7, 11) is 1.75. The second-order valence-corrected chi connectivity index (χ2v) is 5.32. The van der Waals surface area contributed by atoms with E-state index < -0.39 is 0 Å². The van der Waals surface area contributed by atoms with Gasteiger partial charge < -0.3 is 10.2 Å². The Hall–Kier alpha value is -1.58. The molecule has 0 bridgehead atoms. The molecule has 2 atom stereocenters. The van der Waals surface area contributed by atoms with E-state index in [9.17, 15) is 9.18 Å². The molecule has 0 aliphatic carbocycles. The van der Waals surface area contributed by atoms with E-state index in [2.05, 4.69) is 19.2 Å². The first kappa shape index (κ1) is 15.5. The number of nitrogens with zero attached hydrogens (tertiary/aromatic N) is 1. The largest absolute Gasteiger partial charge is 0.335 e. The van der Waals surface area contributed by atoms with Crippen LogP contribution in [0.25, 0.3) is 0 Å². The van der Waals surface area contributed by atoms with Gasteiger partial charge in [0.05, 0.1) is 6.04 Å². The maximum absolute atomic E-state index is 12.9. The van der Waals surface area contributed by atoms with Gasteiger partial charge >= 0.3 is 6.03 Å². The average molecular weight is 266 g/mol. The topological polar surface area (TPSA) is 32.3 Å². The molecule has 2 amide bonds. The van der Waals surface area contributed by atoms with Gasteiger partial charge in [0.2, 0.25) is 0 Å². The molecule has 0 aromatic heterocycles. The summed E-state index contributed by atoms with van der Waals surface area (Å²) in [5, 5.41) is 2.95. The first-order valence-corrected chi connectivity index (χ1v) is 6.61. The Morgan fingerprint density at radius 2 is 1.68 bits per heavy atom. The second-order valence-electron chi connectivity index (χ2n) is 5.32. The third-order valence-electron chi connectivity index (χ3n) is 3.60. The van der Waals surface area contributed by atoms with Crippen LogP contribution >= 0.6 is 0 Å². The fourth-order valence-corrected chi connectivity index (χ4v) is 1.60. The molecule has 0 saturated heterocycles. The van der Waals surface area contributed by atoms with Crippen molar-refractivity contribution in [3.63, 3.8) is 0 Å². The summed E-state index contributed by atoms with van der Waals surface area (Å²) >= 11 is 0. The van der Waals surface area contributed by atoms with Crippen molar-refractivity contribution >= 4 is 6.03 Å². The summed E-state index contributed by atoms with van der Waals surface area (Å²) < 4.78 is 12.9. The molecule has 1 aromatic rings. The number of hydrogen-bond acceptors (Lipinski definition) is 1. The van der Waals surface area contributed by atoms with E-state index in [1.807, 2.05) is 13.8 Å². The van der Waals surface area contributed by atoms with Crippen LogP contribution in [0.1, 0.15) is 39.3 Å². The van der Waals surface area contributed by atoms with Crippen molar-refractivity contribution in [2.24, 2.45) is 5.92 Å². The summed E-state index contributed by atoms with van der Waals surface area (Å²) in [6, 6.07) is 6.14. The van der Waals surface area contributed by atoms with Crippen molar-refractivity contribution in [3.8, 4) is 0 Å². The van der Waals surface area contributed by atoms with Crippen LogP contribution in [-0.2, 0) is 0 Å². The molecule has 4 heteroatoms. The molecule has 3 nitrogen and oxygen atoms in total. The van der Waals surface area contributed by atoms with E-state index in [-0.39, 0.29) is 23.9 Å². The summed E-state index contributed by atoms with van der Waals surface area (Å²) in [5.41, 5.74) is 0.913. The number of carbonyl (C=O) groups is 1. The quantitative estimate of drug-likeness (QED) is 0.887. The number of urea groups is 1. The molecular formula is C15H23FN2O. The van der Waals surface area contributed by atoms with Gasteiger partial charge in [-0.3, -0.25) is 0 Å². The number of hydrogen-bond donors (Lipinski definition) is 1. The van der Waals surface area contributed by atoms with Crippen LogP contribution in [0.15, 0.2) is 24.3 Å². The second kappa shape index (κ2) is 6.55. The minimum atomic E-state index is -0.267. The van der Waals surface area contributed by atoms with Gasteiger partial charge in [0, 0.05) is 13.1 Å². The third kappa shape index (κ3) is 4.23. The van der Waals surface area contributed by atoms with Gasteiger partial charge in [-0.1, -0.05) is 26.0 Å². The van der Waals surface area contributed by atoms with Gasteiger partial charge in [0.25, 0.3) is 0 Å². The number of amides is 2. The normalized spacial score (nSPS) is 14.1. The molecule has 0 heterocycles. The van der Waals surface area contributed by atoms with E-state index in [4.69, 9.17) is 0 Å². The molecule has 0 aliphatic heterocycles. The third-order valence-corrected chi connectivity index (χ3v) is 3.60. The lowest BCUT2D eigenvalue weighted by atomic mass is 10.1. The zero-order valence-electron chi connectivity index (χ0n) is 12.3. The minimum absolute atomic E-state index is 0.0973. The van der Waals surface area contributed by atoms with Crippen molar-refractivity contribution in [2.75, 3.05) is 7.05 Å². The molecule has 19 heavy (non-hydrogen) atoms. The Bertz CT molecular complexity index is 417. The van der Waals surface area contributed by atoms with Crippen LogP contribution in [-0.4, -0.2) is 24.0 Å². The van der Waals surface area contributed by atoms with Crippen molar-refractivity contribution in [3.05, 3.63) is 35.6 Å². The van der Waals surface area contributed by atoms with Crippen LogP contribution in [0.2, 0.25) is 0 Å². The highest BCUT2D eigenvalue weighted by atomic mass is 19.1. The van der Waals surface area contributed by atoms with E-state index >= 15 is 0 Å². The Kier molecular flexibility index (Phi) is 5.33. The number of nitrogens with one attached hydrogen (secondary N) is 1. The minimum Gasteiger partial charge on any atom is -0.335 e. The number of carbonyl (C=O) groups excluding carboxylic acids is 1. The molecule has 0 aliphatic rings. The average Bonchev–Trinajstić information content (AvgIpc) is 2.37. The monoisotopic (exact) mass is 266 g/mol. The lowest BCUT2D eigenvalue weighted by Gasteiger charge is -2.28. The molecule has 1 rings (SSSR count). The molecule has 0 radical (unpaired) electrons. The number of halogens is 1. The maximum Gasteiger partial charge on any atom is 0.317 e. The van der Waals surface area contributed by atoms with Crippen LogP contribution in [0.5, 0.6) is 0 Å². The van der Waals surface area contributed by atoms with E-state index in [1.165, 1.54) is 12.1 Å². The molecule has 1 N–H and O–H groups in total. The van der Waals surface area contributed by atoms with E-state index in [1.54, 1.807) is 24.1 Å². The molecule has 0 fully saturated rings. The molecule has 0 saturated carbocycles. The standard InChI is InChI=1S/C15H23FN2O/c1-10(2)11(3)17-15(19)18(5)12(4)13-6-8-14(16)9-7-13/h6-12H,1-5H3,(H,17,19). The number of rotatable bonds is 4. The van der Waals surface area contributed by atoms with Crippen LogP contribution in [0.4, 0.5) is 9.18 Å². The van der Waals surface area contributed by atoms with Gasteiger partial charge in [-0.2, -0.15) is 0 Å². The highest BCUT2D eigenvalue weighted by Gasteiger charge is 2.19. The fraction of sp³-hybridized carbons (Fsp3) is 0.533. The Labute approximate surface area is 114 Å². The van der Waals surface area contributed by atoms with Gasteiger partial charge in [-0.15, -0.1) is 0 Å². The van der Waals surface area contributed by atoms with Gasteiger partial charge in [-0.25, -0.2) is 9.18 Å². The van der Waals surface area contributed by atoms with Crippen LogP contribution in [0.3, 0.4) is 0 Å². The SMILES string of the molecule is CC(C)C(C)NC(=O)N(C)C(C)c1ccc(F)cc1. The molecular weight excluding hydrogens is 243 g/mol. The molecule has 106 valence electrons. The highest BCUT2D eigenvalue weighted by Crippen LogP contribution is 2.19. The van der Waals surface area contributed by atoms with E-state index in [0.29, 0.717) is 5.92 Å². The predicted octanol–water partition coefficient (Wildman–Crippen LogP) is 3.57. The number of benzene rings is 1. The summed E-state index contributed by atoms with van der Waals surface area (Å²) in [5.74, 6) is 0.120. The van der Waals surface area contributed by atoms with Crippen molar-refractivity contribution < 1.29 is 9.18 Å². The first-order valence-electron chi connectivity index (χ1n) is 6.61. The highest BCUT2D eigenvalue weighted by molar-refractivity contribution is 5.74. The zero-order chi connectivity index (χ0) is 14.6. The van der Waals surface area contributed by atoms with E-state index in [0.717, 1.165) is 5.56 Å². The molecule has 2 unspecified atom stereocenters. The van der Waals surface area contributed by atoms with Gasteiger partial charge in [0.15, 0.2) is 0 Å². The maximum atomic E-state index is 12.9. The van der Waals surface area contributed by atoms with Gasteiger partial charge in [0.1, 0.15) is 5.82 Å². The summed E-state index contributed by atoms with van der Waals surface area (Å²) in [6.07, 6.45) is 0. The van der Waals surface area contributed by atoms with Crippen molar-refractivity contribution in [1.29, 1.82) is 0 Å². The van der Waals surface area contributed by atoms with Crippen molar-refractivity contribution in [2.45, 2.75) is 39.8 Å². The zero-order valence-corrected chi connectivity index (χ0v) is 12.3. The summed E-state index contributed by atoms with van der Waals surface area (Å²) in [6.45, 7) is 8.04. The Morgan fingerprint density at radius 3 is 2.16 bits per heavy atom. The molecule has 0 spiro atoms. The van der Waals surface area contributed by atoms with Gasteiger partial charge in [-0.05, 0) is 37.5 Å². The summed E-state index contributed by atoms with van der Waals surface area (Å²) in [4.78, 5) is 13.7. The van der Waals surface area contributed by atoms with Crippen LogP contribution in [0, 0.1) is 11.7 Å². The van der Waals surface area contributed by atoms with Crippen LogP contribution < -0.4 is 5.32 Å². The Balaban J connectivity index is 2.68. The Morgan fingerprint density at radius 1 is 1.16 bits per heavy atom. The lowest BCUT2D eigenvalue weighted by Crippen LogP contribution is -2.44. The first-order chi connectivity index (χ1) is 8.82. The smallest absolute Gasteiger partial charge is 0.317 e. The fourth-order valence-electron chi connectivity index (χ4n) is 1.60.